The van der Waals surface area contributed by atoms with Crippen LogP contribution in [0.3, 0.4) is 0 Å². The zero-order valence-corrected chi connectivity index (χ0v) is 10.3. The third kappa shape index (κ3) is 2.30. The molecular formula is C12H20FNO2. The molecule has 92 valence electrons. The van der Waals surface area contributed by atoms with Gasteiger partial charge in [-0.15, -0.1) is 0 Å². The minimum absolute atomic E-state index is 0.0848. The fourth-order valence-corrected chi connectivity index (χ4v) is 2.21. The highest BCUT2D eigenvalue weighted by Gasteiger charge is 2.53. The average molecular weight is 229 g/mol. The lowest BCUT2D eigenvalue weighted by molar-refractivity contribution is 0.00219. The largest absolute Gasteiger partial charge is 0.444 e. The van der Waals surface area contributed by atoms with Crippen molar-refractivity contribution in [1.82, 2.24) is 4.90 Å². The Morgan fingerprint density at radius 2 is 2.00 bits per heavy atom. The molecule has 1 amide bonds. The molecular weight excluding hydrogens is 209 g/mol. The van der Waals surface area contributed by atoms with Gasteiger partial charge in [0.05, 0.1) is 6.54 Å². The molecule has 0 aromatic carbocycles. The maximum Gasteiger partial charge on any atom is 0.410 e. The molecule has 2 aliphatic rings. The Hall–Kier alpha value is -0.800. The number of ether oxygens (including phenoxy) is 1. The van der Waals surface area contributed by atoms with E-state index < -0.39 is 11.8 Å². The van der Waals surface area contributed by atoms with Crippen LogP contribution in [0.4, 0.5) is 9.18 Å². The number of alkyl halides is 1. The summed E-state index contributed by atoms with van der Waals surface area (Å²) in [6.07, 6.45) is 1.50. The molecule has 1 aliphatic carbocycles. The van der Waals surface area contributed by atoms with Gasteiger partial charge in [-0.2, -0.15) is 0 Å². The van der Waals surface area contributed by atoms with E-state index in [1.54, 1.807) is 0 Å². The average Bonchev–Trinajstić information content (AvgIpc) is 2.88. The molecule has 1 saturated heterocycles. The predicted octanol–water partition coefficient (Wildman–Crippen LogP) is 2.75. The van der Waals surface area contributed by atoms with Gasteiger partial charge in [0, 0.05) is 12.0 Å². The first-order chi connectivity index (χ1) is 7.32. The van der Waals surface area contributed by atoms with Gasteiger partial charge in [-0.1, -0.05) is 0 Å². The van der Waals surface area contributed by atoms with Crippen molar-refractivity contribution in [3.8, 4) is 0 Å². The molecule has 3 nitrogen and oxygen atoms in total. The summed E-state index contributed by atoms with van der Waals surface area (Å²) in [5.74, 6) is 0. The molecule has 1 saturated carbocycles. The highest BCUT2D eigenvalue weighted by molar-refractivity contribution is 5.68. The second-order valence-electron chi connectivity index (χ2n) is 6.01. The van der Waals surface area contributed by atoms with Gasteiger partial charge in [0.15, 0.2) is 0 Å². The normalized spacial score (nSPS) is 28.0. The second kappa shape index (κ2) is 3.60. The maximum atomic E-state index is 13.8. The first-order valence-electron chi connectivity index (χ1n) is 5.94. The molecule has 4 heteroatoms. The van der Waals surface area contributed by atoms with Gasteiger partial charge >= 0.3 is 6.09 Å². The van der Waals surface area contributed by atoms with Crippen LogP contribution in [-0.2, 0) is 4.74 Å². The number of likely N-dealkylation sites (tertiary alicyclic amines) is 1. The summed E-state index contributed by atoms with van der Waals surface area (Å²) in [5.41, 5.74) is -0.587. The molecule has 0 bridgehead atoms. The van der Waals surface area contributed by atoms with E-state index in [0.717, 1.165) is 19.3 Å². The molecule has 0 N–H and O–H groups in total. The highest BCUT2D eigenvalue weighted by atomic mass is 19.1. The number of hydrogen-bond acceptors (Lipinski definition) is 2. The lowest BCUT2D eigenvalue weighted by Crippen LogP contribution is -2.47. The van der Waals surface area contributed by atoms with Gasteiger partial charge in [-0.25, -0.2) is 9.18 Å². The molecule has 2 rings (SSSR count). The van der Waals surface area contributed by atoms with Crippen LogP contribution < -0.4 is 0 Å². The van der Waals surface area contributed by atoms with Crippen molar-refractivity contribution in [2.45, 2.75) is 51.8 Å². The molecule has 0 aromatic heterocycles. The van der Waals surface area contributed by atoms with Crippen LogP contribution in [-0.4, -0.2) is 35.9 Å². The zero-order chi connectivity index (χ0) is 12.0. The first-order valence-corrected chi connectivity index (χ1v) is 5.94. The summed E-state index contributed by atoms with van der Waals surface area (Å²) in [6, 6.07) is 0. The van der Waals surface area contributed by atoms with Gasteiger partial charge < -0.3 is 9.64 Å². The van der Waals surface area contributed by atoms with E-state index >= 15 is 0 Å². The molecule has 1 aliphatic heterocycles. The van der Waals surface area contributed by atoms with E-state index in [0.29, 0.717) is 6.54 Å². The summed E-state index contributed by atoms with van der Waals surface area (Å²) in [6.45, 7) is 6.31. The van der Waals surface area contributed by atoms with E-state index in [1.807, 2.05) is 20.8 Å². The van der Waals surface area contributed by atoms with Crippen LogP contribution in [0, 0.1) is 5.41 Å². The van der Waals surface area contributed by atoms with Gasteiger partial charge in [-0.3, -0.25) is 0 Å². The van der Waals surface area contributed by atoms with E-state index in [4.69, 9.17) is 4.74 Å². The number of carbonyl (C=O) groups excluding carboxylic acids is 1. The predicted molar refractivity (Wildman–Crippen MR) is 59.0 cm³/mol. The molecule has 1 heterocycles. The van der Waals surface area contributed by atoms with Crippen LogP contribution in [0.25, 0.3) is 0 Å². The van der Waals surface area contributed by atoms with Crippen LogP contribution in [0.1, 0.15) is 40.0 Å². The fraction of sp³-hybridized carbons (Fsp3) is 0.917. The van der Waals surface area contributed by atoms with Crippen molar-refractivity contribution in [3.63, 3.8) is 0 Å². The molecule has 2 fully saturated rings. The SMILES string of the molecule is CC(C)(C)OC(=O)N1CCC2(CC2)[C@@H](F)C1. The van der Waals surface area contributed by atoms with E-state index in [2.05, 4.69) is 0 Å². The Kier molecular flexibility index (Phi) is 2.63. The molecule has 16 heavy (non-hydrogen) atoms. The third-order valence-corrected chi connectivity index (χ3v) is 3.47. The van der Waals surface area contributed by atoms with Gasteiger partial charge in [-0.05, 0) is 40.0 Å². The number of carbonyl (C=O) groups is 1. The molecule has 0 aromatic rings. The number of amides is 1. The summed E-state index contributed by atoms with van der Waals surface area (Å²) in [4.78, 5) is 13.2. The summed E-state index contributed by atoms with van der Waals surface area (Å²) >= 11 is 0. The minimum atomic E-state index is -0.867. The Balaban J connectivity index is 1.90. The van der Waals surface area contributed by atoms with Crippen LogP contribution in [0.5, 0.6) is 0 Å². The maximum absolute atomic E-state index is 13.8. The number of piperidine rings is 1. The Bertz CT molecular complexity index is 294. The van der Waals surface area contributed by atoms with Crippen LogP contribution in [0.2, 0.25) is 0 Å². The molecule has 0 unspecified atom stereocenters. The van der Waals surface area contributed by atoms with Gasteiger partial charge in [0.2, 0.25) is 0 Å². The smallest absolute Gasteiger partial charge is 0.410 e. The third-order valence-electron chi connectivity index (χ3n) is 3.47. The summed E-state index contributed by atoms with van der Waals surface area (Å²) < 4.78 is 19.1. The van der Waals surface area contributed by atoms with Crippen molar-refractivity contribution in [1.29, 1.82) is 0 Å². The second-order valence-corrected chi connectivity index (χ2v) is 6.01. The quantitative estimate of drug-likeness (QED) is 0.639. The number of rotatable bonds is 0. The Morgan fingerprint density at radius 3 is 2.44 bits per heavy atom. The number of halogens is 1. The van der Waals surface area contributed by atoms with Crippen LogP contribution >= 0.6 is 0 Å². The van der Waals surface area contributed by atoms with Crippen molar-refractivity contribution in [2.75, 3.05) is 13.1 Å². The first kappa shape index (κ1) is 11.7. The fourth-order valence-electron chi connectivity index (χ4n) is 2.21. The van der Waals surface area contributed by atoms with Crippen molar-refractivity contribution < 1.29 is 13.9 Å². The highest BCUT2D eigenvalue weighted by Crippen LogP contribution is 2.54. The Morgan fingerprint density at radius 1 is 1.38 bits per heavy atom. The number of hydrogen-bond donors (Lipinski definition) is 0. The molecule has 1 spiro atoms. The van der Waals surface area contributed by atoms with E-state index in [9.17, 15) is 9.18 Å². The monoisotopic (exact) mass is 229 g/mol. The van der Waals surface area contributed by atoms with Crippen LogP contribution in [0.15, 0.2) is 0 Å². The van der Waals surface area contributed by atoms with E-state index in [1.165, 1.54) is 4.90 Å². The molecule has 0 radical (unpaired) electrons. The summed E-state index contributed by atoms with van der Waals surface area (Å²) in [5, 5.41) is 0. The lowest BCUT2D eigenvalue weighted by atomic mass is 9.92. The van der Waals surface area contributed by atoms with Crippen molar-refractivity contribution in [2.24, 2.45) is 5.41 Å². The van der Waals surface area contributed by atoms with E-state index in [-0.39, 0.29) is 18.1 Å². The van der Waals surface area contributed by atoms with Gasteiger partial charge in [0.1, 0.15) is 11.8 Å². The van der Waals surface area contributed by atoms with Crippen molar-refractivity contribution >= 4 is 6.09 Å². The van der Waals surface area contributed by atoms with Gasteiger partial charge in [0.25, 0.3) is 0 Å². The standard InChI is InChI=1S/C12H20FNO2/c1-11(2,3)16-10(15)14-7-6-12(4-5-12)9(13)8-14/h9H,4-8H2,1-3H3/t9-/m0/s1. The lowest BCUT2D eigenvalue weighted by Gasteiger charge is -2.35. The topological polar surface area (TPSA) is 29.5 Å². The van der Waals surface area contributed by atoms with Crippen molar-refractivity contribution in [3.05, 3.63) is 0 Å². The minimum Gasteiger partial charge on any atom is -0.444 e. The summed E-state index contributed by atoms with van der Waals surface area (Å²) in [7, 11) is 0. The zero-order valence-electron chi connectivity index (χ0n) is 10.3. The molecule has 1 atom stereocenters. The number of nitrogens with zero attached hydrogens (tertiary/aromatic N) is 1. The Labute approximate surface area is 95.9 Å².